The Morgan fingerprint density at radius 2 is 2.53 bits per heavy atom. The SMILES string of the molecule is c1cc(-c2csc(CC3COCCN3)n2)c[nH]1. The first kappa shape index (κ1) is 11.0. The van der Waals surface area contributed by atoms with Crippen molar-refractivity contribution < 1.29 is 4.74 Å². The quantitative estimate of drug-likeness (QED) is 0.870. The normalized spacial score (nSPS) is 20.6. The Bertz CT molecular complexity index is 460. The third-order valence-electron chi connectivity index (χ3n) is 2.86. The Labute approximate surface area is 104 Å². The second-order valence-electron chi connectivity index (χ2n) is 4.16. The number of ether oxygens (including phenoxy) is 1. The van der Waals surface area contributed by atoms with Gasteiger partial charge in [0.05, 0.1) is 23.9 Å². The number of aromatic nitrogens is 2. The summed E-state index contributed by atoms with van der Waals surface area (Å²) in [6.45, 7) is 2.56. The van der Waals surface area contributed by atoms with E-state index in [1.54, 1.807) is 11.3 Å². The molecule has 3 rings (SSSR count). The van der Waals surface area contributed by atoms with Crippen LogP contribution in [0.4, 0.5) is 0 Å². The highest BCUT2D eigenvalue weighted by Crippen LogP contribution is 2.22. The molecule has 1 fully saturated rings. The monoisotopic (exact) mass is 249 g/mol. The van der Waals surface area contributed by atoms with Crippen molar-refractivity contribution in [2.75, 3.05) is 19.8 Å². The molecule has 2 aromatic heterocycles. The fourth-order valence-electron chi connectivity index (χ4n) is 1.98. The summed E-state index contributed by atoms with van der Waals surface area (Å²) in [5, 5.41) is 6.73. The summed E-state index contributed by atoms with van der Waals surface area (Å²) >= 11 is 1.72. The molecule has 0 radical (unpaired) electrons. The zero-order valence-corrected chi connectivity index (χ0v) is 10.3. The van der Waals surface area contributed by atoms with Crippen molar-refractivity contribution in [2.24, 2.45) is 0 Å². The number of rotatable bonds is 3. The van der Waals surface area contributed by atoms with Crippen LogP contribution in [0.15, 0.2) is 23.8 Å². The molecule has 0 bridgehead atoms. The lowest BCUT2D eigenvalue weighted by Gasteiger charge is -2.22. The van der Waals surface area contributed by atoms with E-state index < -0.39 is 0 Å². The van der Waals surface area contributed by atoms with Crippen LogP contribution in [0.3, 0.4) is 0 Å². The van der Waals surface area contributed by atoms with Crippen LogP contribution in [-0.2, 0) is 11.2 Å². The van der Waals surface area contributed by atoms with Gasteiger partial charge < -0.3 is 15.0 Å². The van der Waals surface area contributed by atoms with E-state index in [-0.39, 0.29) is 0 Å². The number of thiazole rings is 1. The van der Waals surface area contributed by atoms with E-state index in [1.807, 2.05) is 18.5 Å². The zero-order chi connectivity index (χ0) is 11.5. The lowest BCUT2D eigenvalue weighted by Crippen LogP contribution is -2.42. The fourth-order valence-corrected chi connectivity index (χ4v) is 2.87. The molecule has 1 aliphatic heterocycles. The number of hydrogen-bond acceptors (Lipinski definition) is 4. The van der Waals surface area contributed by atoms with Gasteiger partial charge in [-0.25, -0.2) is 4.98 Å². The molecule has 1 atom stereocenters. The molecule has 17 heavy (non-hydrogen) atoms. The molecule has 0 aliphatic carbocycles. The molecule has 90 valence electrons. The molecule has 0 amide bonds. The Hall–Kier alpha value is -1.17. The summed E-state index contributed by atoms with van der Waals surface area (Å²) in [4.78, 5) is 7.70. The van der Waals surface area contributed by atoms with E-state index in [1.165, 1.54) is 5.01 Å². The Balaban J connectivity index is 1.68. The average Bonchev–Trinajstić information content (AvgIpc) is 3.00. The molecule has 0 aromatic carbocycles. The van der Waals surface area contributed by atoms with Crippen LogP contribution in [0.1, 0.15) is 5.01 Å². The van der Waals surface area contributed by atoms with Crippen molar-refractivity contribution >= 4 is 11.3 Å². The number of morpholine rings is 1. The van der Waals surface area contributed by atoms with Crippen LogP contribution >= 0.6 is 11.3 Å². The van der Waals surface area contributed by atoms with Crippen LogP contribution in [0.2, 0.25) is 0 Å². The van der Waals surface area contributed by atoms with Crippen molar-refractivity contribution in [3.05, 3.63) is 28.8 Å². The van der Waals surface area contributed by atoms with Crippen LogP contribution in [0.5, 0.6) is 0 Å². The van der Waals surface area contributed by atoms with Gasteiger partial charge in [-0.3, -0.25) is 0 Å². The summed E-state index contributed by atoms with van der Waals surface area (Å²) in [5.74, 6) is 0. The van der Waals surface area contributed by atoms with Crippen molar-refractivity contribution in [3.8, 4) is 11.3 Å². The maximum atomic E-state index is 5.44. The van der Waals surface area contributed by atoms with Gasteiger partial charge >= 0.3 is 0 Å². The minimum absolute atomic E-state index is 0.411. The third-order valence-corrected chi connectivity index (χ3v) is 3.74. The van der Waals surface area contributed by atoms with Gasteiger partial charge in [-0.15, -0.1) is 11.3 Å². The smallest absolute Gasteiger partial charge is 0.0949 e. The molecule has 1 aliphatic rings. The van der Waals surface area contributed by atoms with E-state index in [9.17, 15) is 0 Å². The predicted molar refractivity (Wildman–Crippen MR) is 68.2 cm³/mol. The van der Waals surface area contributed by atoms with E-state index in [2.05, 4.69) is 20.7 Å². The maximum Gasteiger partial charge on any atom is 0.0949 e. The molecule has 1 unspecified atom stereocenters. The van der Waals surface area contributed by atoms with E-state index in [0.717, 1.165) is 37.4 Å². The highest BCUT2D eigenvalue weighted by Gasteiger charge is 2.15. The van der Waals surface area contributed by atoms with Crippen molar-refractivity contribution in [3.63, 3.8) is 0 Å². The first-order chi connectivity index (χ1) is 8.42. The summed E-state index contributed by atoms with van der Waals surface area (Å²) in [5.41, 5.74) is 2.21. The minimum Gasteiger partial charge on any atom is -0.379 e. The molecular weight excluding hydrogens is 234 g/mol. The first-order valence-corrected chi connectivity index (χ1v) is 6.68. The largest absolute Gasteiger partial charge is 0.379 e. The summed E-state index contributed by atoms with van der Waals surface area (Å²) < 4.78 is 5.44. The maximum absolute atomic E-state index is 5.44. The highest BCUT2D eigenvalue weighted by atomic mass is 32.1. The van der Waals surface area contributed by atoms with Gasteiger partial charge in [-0.05, 0) is 6.07 Å². The lowest BCUT2D eigenvalue weighted by molar-refractivity contribution is 0.0770. The summed E-state index contributed by atoms with van der Waals surface area (Å²) in [7, 11) is 0. The molecular formula is C12H15N3OS. The van der Waals surface area contributed by atoms with Crippen LogP contribution in [-0.4, -0.2) is 35.8 Å². The number of nitrogens with one attached hydrogen (secondary N) is 2. The van der Waals surface area contributed by atoms with E-state index >= 15 is 0 Å². The van der Waals surface area contributed by atoms with Crippen LogP contribution in [0, 0.1) is 0 Å². The minimum atomic E-state index is 0.411. The van der Waals surface area contributed by atoms with Gasteiger partial charge in [0.15, 0.2) is 0 Å². The standard InChI is InChI=1S/C12H15N3OS/c1-2-13-6-9(1)11-8-17-12(15-11)5-10-7-16-4-3-14-10/h1-2,6,8,10,13-14H,3-5,7H2. The van der Waals surface area contributed by atoms with E-state index in [0.29, 0.717) is 6.04 Å². The fraction of sp³-hybridized carbons (Fsp3) is 0.417. The predicted octanol–water partition coefficient (Wildman–Crippen LogP) is 1.67. The summed E-state index contributed by atoms with van der Waals surface area (Å²) in [6, 6.07) is 2.45. The number of H-pyrrole nitrogens is 1. The van der Waals surface area contributed by atoms with Crippen molar-refractivity contribution in [1.29, 1.82) is 0 Å². The molecule has 0 saturated carbocycles. The molecule has 0 spiro atoms. The molecule has 2 aromatic rings. The Kier molecular flexibility index (Phi) is 3.22. The topological polar surface area (TPSA) is 49.9 Å². The average molecular weight is 249 g/mol. The van der Waals surface area contributed by atoms with Gasteiger partial charge in [0.1, 0.15) is 0 Å². The van der Waals surface area contributed by atoms with Gasteiger partial charge in [-0.1, -0.05) is 0 Å². The summed E-state index contributed by atoms with van der Waals surface area (Å²) in [6.07, 6.45) is 4.85. The third kappa shape index (κ3) is 2.57. The van der Waals surface area contributed by atoms with Gasteiger partial charge in [0.25, 0.3) is 0 Å². The highest BCUT2D eigenvalue weighted by molar-refractivity contribution is 7.09. The molecule has 3 heterocycles. The number of nitrogens with zero attached hydrogens (tertiary/aromatic N) is 1. The Morgan fingerprint density at radius 3 is 3.29 bits per heavy atom. The molecule has 1 saturated heterocycles. The molecule has 2 N–H and O–H groups in total. The van der Waals surface area contributed by atoms with Gasteiger partial charge in [0.2, 0.25) is 0 Å². The second kappa shape index (κ2) is 5.00. The van der Waals surface area contributed by atoms with Crippen molar-refractivity contribution in [1.82, 2.24) is 15.3 Å². The number of hydrogen-bond donors (Lipinski definition) is 2. The van der Waals surface area contributed by atoms with Gasteiger partial charge in [0, 0.05) is 42.3 Å². The molecule has 4 nitrogen and oxygen atoms in total. The zero-order valence-electron chi connectivity index (χ0n) is 9.48. The molecule has 5 heteroatoms. The Morgan fingerprint density at radius 1 is 1.53 bits per heavy atom. The lowest BCUT2D eigenvalue weighted by atomic mass is 10.2. The van der Waals surface area contributed by atoms with Crippen LogP contribution < -0.4 is 5.32 Å². The van der Waals surface area contributed by atoms with E-state index in [4.69, 9.17) is 4.74 Å². The number of aromatic amines is 1. The first-order valence-electron chi connectivity index (χ1n) is 5.80. The second-order valence-corrected chi connectivity index (χ2v) is 5.10. The van der Waals surface area contributed by atoms with Crippen molar-refractivity contribution in [2.45, 2.75) is 12.5 Å². The van der Waals surface area contributed by atoms with Gasteiger partial charge in [-0.2, -0.15) is 0 Å². The van der Waals surface area contributed by atoms with Crippen LogP contribution in [0.25, 0.3) is 11.3 Å².